The predicted octanol–water partition coefficient (Wildman–Crippen LogP) is 6.17. The number of pyridine rings is 1. The fourth-order valence-electron chi connectivity index (χ4n) is 3.11. The molecular formula is C21H22ClF3N2O. The quantitative estimate of drug-likeness (QED) is 0.579. The average molecular weight is 411 g/mol. The van der Waals surface area contributed by atoms with E-state index in [-0.39, 0.29) is 28.3 Å². The lowest BCUT2D eigenvalue weighted by atomic mass is 10.0. The van der Waals surface area contributed by atoms with Gasteiger partial charge in [0.15, 0.2) is 0 Å². The standard InChI is InChI=1S/C21H22ClF3N2O/c1-5-9-15-17(22)16(12(4)26-19(15)21(23,24)25)20(28)27-18-13(6-2)10-8-11-14(18)7-3/h5,8,10-11H,1,6-7,9H2,2-4H3,(H,27,28). The third-order valence-corrected chi connectivity index (χ3v) is 4.91. The van der Waals surface area contributed by atoms with Crippen LogP contribution in [0.3, 0.4) is 0 Å². The van der Waals surface area contributed by atoms with Crippen LogP contribution in [0.15, 0.2) is 30.9 Å². The Bertz CT molecular complexity index is 885. The van der Waals surface area contributed by atoms with Crippen LogP contribution in [0.25, 0.3) is 0 Å². The topological polar surface area (TPSA) is 42.0 Å². The van der Waals surface area contributed by atoms with Crippen molar-refractivity contribution in [2.24, 2.45) is 0 Å². The normalized spacial score (nSPS) is 11.4. The van der Waals surface area contributed by atoms with Crippen molar-refractivity contribution in [1.29, 1.82) is 0 Å². The largest absolute Gasteiger partial charge is 0.433 e. The van der Waals surface area contributed by atoms with Crippen LogP contribution >= 0.6 is 11.6 Å². The number of aryl methyl sites for hydroxylation is 3. The molecule has 2 aromatic rings. The first-order valence-electron chi connectivity index (χ1n) is 8.94. The molecule has 1 heterocycles. The zero-order valence-electron chi connectivity index (χ0n) is 16.0. The first-order valence-corrected chi connectivity index (χ1v) is 9.32. The summed E-state index contributed by atoms with van der Waals surface area (Å²) in [5, 5.41) is 2.59. The number of nitrogens with one attached hydrogen (secondary N) is 1. The highest BCUT2D eigenvalue weighted by molar-refractivity contribution is 6.35. The van der Waals surface area contributed by atoms with Crippen molar-refractivity contribution >= 4 is 23.2 Å². The number of hydrogen-bond acceptors (Lipinski definition) is 2. The van der Waals surface area contributed by atoms with Crippen LogP contribution in [0.4, 0.5) is 18.9 Å². The summed E-state index contributed by atoms with van der Waals surface area (Å²) in [7, 11) is 0. The predicted molar refractivity (Wildman–Crippen MR) is 106 cm³/mol. The number of anilines is 1. The van der Waals surface area contributed by atoms with Crippen molar-refractivity contribution in [2.75, 3.05) is 5.32 Å². The van der Waals surface area contributed by atoms with Crippen molar-refractivity contribution in [3.05, 3.63) is 69.5 Å². The molecule has 1 aromatic carbocycles. The molecule has 0 saturated carbocycles. The summed E-state index contributed by atoms with van der Waals surface area (Å²) in [6.45, 7) is 8.75. The minimum absolute atomic E-state index is 0.0560. The van der Waals surface area contributed by atoms with Gasteiger partial charge in [-0.15, -0.1) is 6.58 Å². The van der Waals surface area contributed by atoms with Crippen LogP contribution < -0.4 is 5.32 Å². The van der Waals surface area contributed by atoms with E-state index >= 15 is 0 Å². The zero-order valence-corrected chi connectivity index (χ0v) is 16.8. The Morgan fingerprint density at radius 1 is 1.25 bits per heavy atom. The molecule has 0 saturated heterocycles. The van der Waals surface area contributed by atoms with Crippen molar-refractivity contribution in [3.8, 4) is 0 Å². The third kappa shape index (κ3) is 4.38. The number of allylic oxidation sites excluding steroid dienone is 1. The fraction of sp³-hybridized carbons (Fsp3) is 0.333. The van der Waals surface area contributed by atoms with E-state index < -0.39 is 17.8 Å². The molecule has 0 radical (unpaired) electrons. The van der Waals surface area contributed by atoms with Gasteiger partial charge in [-0.1, -0.05) is 49.7 Å². The van der Waals surface area contributed by atoms with Gasteiger partial charge in [0, 0.05) is 11.3 Å². The van der Waals surface area contributed by atoms with Crippen molar-refractivity contribution < 1.29 is 18.0 Å². The van der Waals surface area contributed by atoms with E-state index in [2.05, 4.69) is 16.9 Å². The lowest BCUT2D eigenvalue weighted by Crippen LogP contribution is -2.21. The number of rotatable bonds is 6. The first-order chi connectivity index (χ1) is 13.1. The van der Waals surface area contributed by atoms with Crippen LogP contribution in [0.1, 0.15) is 52.3 Å². The molecular weight excluding hydrogens is 389 g/mol. The van der Waals surface area contributed by atoms with Crippen molar-refractivity contribution in [3.63, 3.8) is 0 Å². The van der Waals surface area contributed by atoms with Crippen LogP contribution in [-0.4, -0.2) is 10.9 Å². The van der Waals surface area contributed by atoms with Crippen molar-refractivity contribution in [1.82, 2.24) is 4.98 Å². The van der Waals surface area contributed by atoms with Gasteiger partial charge in [-0.25, -0.2) is 4.98 Å². The number of nitrogens with zero attached hydrogens (tertiary/aromatic N) is 1. The molecule has 1 N–H and O–H groups in total. The van der Waals surface area contributed by atoms with Crippen LogP contribution in [-0.2, 0) is 25.4 Å². The summed E-state index contributed by atoms with van der Waals surface area (Å²) in [4.78, 5) is 16.6. The Morgan fingerprint density at radius 2 is 1.82 bits per heavy atom. The molecule has 1 aromatic heterocycles. The molecule has 0 aliphatic carbocycles. The van der Waals surface area contributed by atoms with Crippen molar-refractivity contribution in [2.45, 2.75) is 46.2 Å². The molecule has 0 aliphatic rings. The number of halogens is 4. The Morgan fingerprint density at radius 3 is 2.29 bits per heavy atom. The maximum absolute atomic E-state index is 13.4. The highest BCUT2D eigenvalue weighted by Crippen LogP contribution is 2.37. The highest BCUT2D eigenvalue weighted by Gasteiger charge is 2.38. The van der Waals surface area contributed by atoms with Gasteiger partial charge < -0.3 is 5.32 Å². The molecule has 3 nitrogen and oxygen atoms in total. The first kappa shape index (κ1) is 22.0. The molecule has 0 aliphatic heterocycles. The minimum atomic E-state index is -4.67. The maximum atomic E-state index is 13.4. The number of carbonyl (C=O) groups excluding carboxylic acids is 1. The van der Waals surface area contributed by atoms with E-state index in [1.54, 1.807) is 0 Å². The lowest BCUT2D eigenvalue weighted by Gasteiger charge is -2.19. The molecule has 1 amide bonds. The van der Waals surface area contributed by atoms with Crippen LogP contribution in [0, 0.1) is 6.92 Å². The summed E-state index contributed by atoms with van der Waals surface area (Å²) < 4.78 is 40.1. The number of benzene rings is 1. The summed E-state index contributed by atoms with van der Waals surface area (Å²) in [6, 6.07) is 5.71. The molecule has 0 spiro atoms. The number of alkyl halides is 3. The summed E-state index contributed by atoms with van der Waals surface area (Å²) >= 11 is 6.26. The number of amides is 1. The SMILES string of the molecule is C=CCc1c(C(F)(F)F)nc(C)c(C(=O)Nc2c(CC)cccc2CC)c1Cl. The van der Waals surface area contributed by atoms with Gasteiger partial charge in [0.25, 0.3) is 5.91 Å². The molecule has 150 valence electrons. The second-order valence-corrected chi connectivity index (χ2v) is 6.69. The molecule has 0 bridgehead atoms. The van der Waals surface area contributed by atoms with Crippen LogP contribution in [0.5, 0.6) is 0 Å². The molecule has 7 heteroatoms. The Balaban J connectivity index is 2.59. The number of hydrogen-bond donors (Lipinski definition) is 1. The van der Waals surface area contributed by atoms with Gasteiger partial charge in [0.2, 0.25) is 0 Å². The van der Waals surface area contributed by atoms with Gasteiger partial charge in [0.1, 0.15) is 5.69 Å². The van der Waals surface area contributed by atoms with E-state index in [1.807, 2.05) is 32.0 Å². The fourth-order valence-corrected chi connectivity index (χ4v) is 3.50. The van der Waals surface area contributed by atoms with E-state index in [0.29, 0.717) is 18.5 Å². The van der Waals surface area contributed by atoms with Gasteiger partial charge in [-0.05, 0) is 37.3 Å². The number of aromatic nitrogens is 1. The zero-order chi connectivity index (χ0) is 21.1. The second kappa shape index (κ2) is 8.78. The van der Waals surface area contributed by atoms with Gasteiger partial charge >= 0.3 is 6.18 Å². The lowest BCUT2D eigenvalue weighted by molar-refractivity contribution is -0.141. The second-order valence-electron chi connectivity index (χ2n) is 6.32. The number of carbonyl (C=O) groups is 1. The molecule has 0 unspecified atom stereocenters. The Hall–Kier alpha value is -2.34. The molecule has 0 atom stereocenters. The summed E-state index contributed by atoms with van der Waals surface area (Å²) in [5.74, 6) is -0.579. The minimum Gasteiger partial charge on any atom is -0.321 e. The van der Waals surface area contributed by atoms with E-state index in [0.717, 1.165) is 11.1 Å². The smallest absolute Gasteiger partial charge is 0.321 e. The molecule has 2 rings (SSSR count). The van der Waals surface area contributed by atoms with Crippen LogP contribution in [0.2, 0.25) is 5.02 Å². The van der Waals surface area contributed by atoms with Gasteiger partial charge in [-0.3, -0.25) is 4.79 Å². The Labute approximate surface area is 167 Å². The van der Waals surface area contributed by atoms with Gasteiger partial charge in [0.05, 0.1) is 16.3 Å². The Kier molecular flexibility index (Phi) is 6.88. The maximum Gasteiger partial charge on any atom is 0.433 e. The monoisotopic (exact) mass is 410 g/mol. The summed E-state index contributed by atoms with van der Waals surface area (Å²) in [5.41, 5.74) is 1.07. The highest BCUT2D eigenvalue weighted by atomic mass is 35.5. The molecule has 0 fully saturated rings. The molecule has 28 heavy (non-hydrogen) atoms. The third-order valence-electron chi connectivity index (χ3n) is 4.49. The van der Waals surface area contributed by atoms with E-state index in [1.165, 1.54) is 13.0 Å². The van der Waals surface area contributed by atoms with E-state index in [9.17, 15) is 18.0 Å². The average Bonchev–Trinajstić information content (AvgIpc) is 2.63. The van der Waals surface area contributed by atoms with Gasteiger partial charge in [-0.2, -0.15) is 13.2 Å². The summed E-state index contributed by atoms with van der Waals surface area (Å²) in [6.07, 6.45) is -2.12. The number of para-hydroxylation sites is 1. The van der Waals surface area contributed by atoms with E-state index in [4.69, 9.17) is 11.6 Å².